The summed E-state index contributed by atoms with van der Waals surface area (Å²) in [6.07, 6.45) is 5.06. The number of para-hydroxylation sites is 1. The molecule has 0 spiro atoms. The molecule has 0 bridgehead atoms. The fraction of sp³-hybridized carbons (Fsp3) is 0.533. The second-order valence-corrected chi connectivity index (χ2v) is 5.18. The Morgan fingerprint density at radius 3 is 2.68 bits per heavy atom. The van der Waals surface area contributed by atoms with Gasteiger partial charge in [-0.1, -0.05) is 30.1 Å². The van der Waals surface area contributed by atoms with E-state index in [-0.39, 0.29) is 5.84 Å². The Bertz CT molecular complexity index is 464. The van der Waals surface area contributed by atoms with Gasteiger partial charge in [-0.3, -0.25) is 0 Å². The van der Waals surface area contributed by atoms with E-state index in [1.165, 1.54) is 31.2 Å². The summed E-state index contributed by atoms with van der Waals surface area (Å²) in [7, 11) is 0. The first-order valence-electron chi connectivity index (χ1n) is 7.03. The van der Waals surface area contributed by atoms with Crippen LogP contribution in [0.25, 0.3) is 0 Å². The zero-order chi connectivity index (χ0) is 13.8. The molecule has 1 fully saturated rings. The van der Waals surface area contributed by atoms with Gasteiger partial charge in [0.2, 0.25) is 0 Å². The van der Waals surface area contributed by atoms with Crippen molar-refractivity contribution in [3.05, 3.63) is 29.3 Å². The monoisotopic (exact) mass is 261 g/mol. The molecule has 104 valence electrons. The zero-order valence-electron chi connectivity index (χ0n) is 11.8. The summed E-state index contributed by atoms with van der Waals surface area (Å²) < 4.78 is 0. The first kappa shape index (κ1) is 13.7. The number of nitrogens with zero attached hydrogens (tertiary/aromatic N) is 2. The van der Waals surface area contributed by atoms with Gasteiger partial charge in [0.1, 0.15) is 0 Å². The standard InChI is InChI=1S/C15H23N3O/c1-3-18(12-8-4-5-9-12)14-11(2)7-6-10-13(14)15(16)17-19/h6-7,10,12,19H,3-5,8-9H2,1-2H3,(H2,16,17). The van der Waals surface area contributed by atoms with Crippen molar-refractivity contribution >= 4 is 11.5 Å². The van der Waals surface area contributed by atoms with Gasteiger partial charge < -0.3 is 15.8 Å². The van der Waals surface area contributed by atoms with Crippen molar-refractivity contribution in [2.45, 2.75) is 45.6 Å². The molecule has 1 aliphatic carbocycles. The molecule has 2 rings (SSSR count). The number of hydrogen-bond acceptors (Lipinski definition) is 3. The van der Waals surface area contributed by atoms with E-state index in [9.17, 15) is 0 Å². The maximum Gasteiger partial charge on any atom is 0.172 e. The highest BCUT2D eigenvalue weighted by Crippen LogP contribution is 2.32. The summed E-state index contributed by atoms with van der Waals surface area (Å²) in [5, 5.41) is 12.1. The molecule has 1 aliphatic rings. The van der Waals surface area contributed by atoms with Crippen molar-refractivity contribution in [3.8, 4) is 0 Å². The largest absolute Gasteiger partial charge is 0.409 e. The van der Waals surface area contributed by atoms with E-state index in [2.05, 4.69) is 30.0 Å². The molecule has 0 radical (unpaired) electrons. The summed E-state index contributed by atoms with van der Waals surface area (Å²) in [6.45, 7) is 5.20. The third kappa shape index (κ3) is 2.67. The number of oxime groups is 1. The van der Waals surface area contributed by atoms with Crippen molar-refractivity contribution in [3.63, 3.8) is 0 Å². The summed E-state index contributed by atoms with van der Waals surface area (Å²) in [4.78, 5) is 2.41. The van der Waals surface area contributed by atoms with E-state index in [0.29, 0.717) is 6.04 Å². The molecule has 19 heavy (non-hydrogen) atoms. The summed E-state index contributed by atoms with van der Waals surface area (Å²) in [5.74, 6) is 0.190. The van der Waals surface area contributed by atoms with Crippen molar-refractivity contribution in [1.82, 2.24) is 0 Å². The highest BCUT2D eigenvalue weighted by molar-refractivity contribution is 6.02. The van der Waals surface area contributed by atoms with Crippen LogP contribution in [0.15, 0.2) is 23.4 Å². The quantitative estimate of drug-likeness (QED) is 0.379. The van der Waals surface area contributed by atoms with E-state index >= 15 is 0 Å². The van der Waals surface area contributed by atoms with Crippen LogP contribution in [0.1, 0.15) is 43.7 Å². The molecule has 0 unspecified atom stereocenters. The smallest absolute Gasteiger partial charge is 0.172 e. The molecule has 0 heterocycles. The average molecular weight is 261 g/mol. The lowest BCUT2D eigenvalue weighted by molar-refractivity contribution is 0.318. The maximum atomic E-state index is 8.97. The minimum atomic E-state index is 0.190. The average Bonchev–Trinajstić information content (AvgIpc) is 2.94. The van der Waals surface area contributed by atoms with Crippen LogP contribution in [0.5, 0.6) is 0 Å². The zero-order valence-corrected chi connectivity index (χ0v) is 11.8. The SMILES string of the molecule is CCN(c1c(C)cccc1/C(N)=N/O)C1CCCC1. The van der Waals surface area contributed by atoms with E-state index in [1.54, 1.807) is 0 Å². The second-order valence-electron chi connectivity index (χ2n) is 5.18. The molecule has 0 atom stereocenters. The van der Waals surface area contributed by atoms with Crippen LogP contribution in [-0.4, -0.2) is 23.6 Å². The Morgan fingerprint density at radius 1 is 1.42 bits per heavy atom. The van der Waals surface area contributed by atoms with Crippen molar-refractivity contribution in [2.24, 2.45) is 10.9 Å². The molecule has 4 nitrogen and oxygen atoms in total. The summed E-state index contributed by atoms with van der Waals surface area (Å²) >= 11 is 0. The van der Waals surface area contributed by atoms with Gasteiger partial charge in [0, 0.05) is 18.2 Å². The van der Waals surface area contributed by atoms with Crippen LogP contribution in [-0.2, 0) is 0 Å². The number of hydrogen-bond donors (Lipinski definition) is 2. The minimum Gasteiger partial charge on any atom is -0.409 e. The van der Waals surface area contributed by atoms with Gasteiger partial charge in [-0.05, 0) is 38.3 Å². The lowest BCUT2D eigenvalue weighted by Crippen LogP contribution is -2.35. The number of nitrogens with two attached hydrogens (primary N) is 1. The Hall–Kier alpha value is -1.71. The first-order valence-corrected chi connectivity index (χ1v) is 7.03. The molecule has 1 aromatic rings. The Labute approximate surface area is 114 Å². The number of rotatable bonds is 4. The topological polar surface area (TPSA) is 61.8 Å². The fourth-order valence-corrected chi connectivity index (χ4v) is 3.12. The van der Waals surface area contributed by atoms with Gasteiger partial charge >= 0.3 is 0 Å². The van der Waals surface area contributed by atoms with Crippen LogP contribution >= 0.6 is 0 Å². The van der Waals surface area contributed by atoms with E-state index in [0.717, 1.165) is 17.8 Å². The predicted molar refractivity (Wildman–Crippen MR) is 79.0 cm³/mol. The maximum absolute atomic E-state index is 8.97. The Balaban J connectivity index is 2.46. The summed E-state index contributed by atoms with van der Waals surface area (Å²) in [5.41, 5.74) is 8.95. The molecule has 3 N–H and O–H groups in total. The minimum absolute atomic E-state index is 0.190. The van der Waals surface area contributed by atoms with Gasteiger partial charge in [-0.15, -0.1) is 0 Å². The van der Waals surface area contributed by atoms with Crippen molar-refractivity contribution < 1.29 is 5.21 Å². The summed E-state index contributed by atoms with van der Waals surface area (Å²) in [6, 6.07) is 6.54. The Morgan fingerprint density at radius 2 is 2.11 bits per heavy atom. The van der Waals surface area contributed by atoms with Crippen LogP contribution in [0.4, 0.5) is 5.69 Å². The molecule has 0 saturated heterocycles. The molecule has 1 saturated carbocycles. The lowest BCUT2D eigenvalue weighted by Gasteiger charge is -2.33. The molecular weight excluding hydrogens is 238 g/mol. The van der Waals surface area contributed by atoms with Gasteiger partial charge in [0.15, 0.2) is 5.84 Å². The van der Waals surface area contributed by atoms with Crippen molar-refractivity contribution in [1.29, 1.82) is 0 Å². The van der Waals surface area contributed by atoms with Crippen LogP contribution in [0.2, 0.25) is 0 Å². The van der Waals surface area contributed by atoms with Crippen LogP contribution in [0, 0.1) is 6.92 Å². The first-order chi connectivity index (χ1) is 9.19. The molecule has 0 amide bonds. The third-order valence-electron chi connectivity index (χ3n) is 4.01. The number of amidine groups is 1. The highest BCUT2D eigenvalue weighted by Gasteiger charge is 2.25. The lowest BCUT2D eigenvalue weighted by atomic mass is 10.0. The van der Waals surface area contributed by atoms with Crippen LogP contribution in [0.3, 0.4) is 0 Å². The Kier molecular flexibility index (Phi) is 4.30. The molecular formula is C15H23N3O. The molecule has 4 heteroatoms. The molecule has 0 aliphatic heterocycles. The third-order valence-corrected chi connectivity index (χ3v) is 4.01. The molecule has 1 aromatic carbocycles. The number of benzene rings is 1. The number of anilines is 1. The van der Waals surface area contributed by atoms with Gasteiger partial charge in [-0.25, -0.2) is 0 Å². The predicted octanol–water partition coefficient (Wildman–Crippen LogP) is 2.86. The van der Waals surface area contributed by atoms with Crippen LogP contribution < -0.4 is 10.6 Å². The van der Waals surface area contributed by atoms with Gasteiger partial charge in [-0.2, -0.15) is 0 Å². The molecule has 0 aromatic heterocycles. The number of aryl methyl sites for hydroxylation is 1. The second kappa shape index (κ2) is 5.95. The van der Waals surface area contributed by atoms with E-state index < -0.39 is 0 Å². The van der Waals surface area contributed by atoms with Crippen molar-refractivity contribution in [2.75, 3.05) is 11.4 Å². The van der Waals surface area contributed by atoms with E-state index in [1.807, 2.05) is 12.1 Å². The van der Waals surface area contributed by atoms with Gasteiger partial charge in [0.05, 0.1) is 5.69 Å². The highest BCUT2D eigenvalue weighted by atomic mass is 16.4. The van der Waals surface area contributed by atoms with E-state index in [4.69, 9.17) is 10.9 Å². The normalized spacial score (nSPS) is 16.8. The fourth-order valence-electron chi connectivity index (χ4n) is 3.12. The van der Waals surface area contributed by atoms with Gasteiger partial charge in [0.25, 0.3) is 0 Å².